The van der Waals surface area contributed by atoms with Gasteiger partial charge in [0.1, 0.15) is 0 Å². The Balaban J connectivity index is 2.80. The van der Waals surface area contributed by atoms with Gasteiger partial charge in [0.05, 0.1) is 29.9 Å². The maximum atomic E-state index is 13.4. The third-order valence-electron chi connectivity index (χ3n) is 3.97. The van der Waals surface area contributed by atoms with Crippen LogP contribution in [0.15, 0.2) is 46.9 Å². The van der Waals surface area contributed by atoms with E-state index in [4.69, 9.17) is 0 Å². The summed E-state index contributed by atoms with van der Waals surface area (Å²) < 4.78 is 44.9. The SMILES string of the molecule is COC(=O)C1=C(C)NC(C)=C([NH+]([O-])O)C1c1ccccc1C(F)(F)F. The first kappa shape index (κ1) is 19.0. The summed E-state index contributed by atoms with van der Waals surface area (Å²) in [7, 11) is 1.08. The molecule has 1 aliphatic heterocycles. The Morgan fingerprint density at radius 3 is 2.40 bits per heavy atom. The number of nitrogens with one attached hydrogen (secondary N) is 2. The van der Waals surface area contributed by atoms with Crippen LogP contribution in [0.4, 0.5) is 13.2 Å². The van der Waals surface area contributed by atoms with E-state index in [-0.39, 0.29) is 28.2 Å². The number of carbonyl (C=O) groups is 1. The Bertz CT molecular complexity index is 754. The molecule has 1 heterocycles. The van der Waals surface area contributed by atoms with Crippen LogP contribution >= 0.6 is 0 Å². The summed E-state index contributed by atoms with van der Waals surface area (Å²) in [5.41, 5.74) is -1.39. The average molecular weight is 358 g/mol. The quantitative estimate of drug-likeness (QED) is 0.567. The van der Waals surface area contributed by atoms with E-state index in [0.717, 1.165) is 13.2 Å². The molecule has 0 fully saturated rings. The Kier molecular flexibility index (Phi) is 5.21. The summed E-state index contributed by atoms with van der Waals surface area (Å²) in [4.78, 5) is 12.2. The molecule has 1 aromatic carbocycles. The number of methoxy groups -OCH3 is 1. The van der Waals surface area contributed by atoms with Crippen molar-refractivity contribution in [1.29, 1.82) is 0 Å². The van der Waals surface area contributed by atoms with Gasteiger partial charge in [-0.15, -0.1) is 0 Å². The smallest absolute Gasteiger partial charge is 0.416 e. The van der Waals surface area contributed by atoms with Crippen LogP contribution in [0.3, 0.4) is 0 Å². The number of dihydropyridines is 1. The molecule has 9 heteroatoms. The van der Waals surface area contributed by atoms with E-state index in [9.17, 15) is 28.4 Å². The molecule has 1 aliphatic rings. The number of hydrogen-bond acceptors (Lipinski definition) is 5. The van der Waals surface area contributed by atoms with Gasteiger partial charge in [-0.05, 0) is 25.5 Å². The van der Waals surface area contributed by atoms with E-state index in [1.165, 1.54) is 32.0 Å². The fourth-order valence-corrected chi connectivity index (χ4v) is 2.98. The molecule has 136 valence electrons. The molecule has 25 heavy (non-hydrogen) atoms. The van der Waals surface area contributed by atoms with Gasteiger partial charge in [0, 0.05) is 5.70 Å². The van der Waals surface area contributed by atoms with Crippen LogP contribution in [0.5, 0.6) is 0 Å². The number of hydrogen-bond donors (Lipinski definition) is 3. The van der Waals surface area contributed by atoms with Crippen LogP contribution < -0.4 is 10.5 Å². The topological polar surface area (TPSA) is 86.1 Å². The first-order valence-corrected chi connectivity index (χ1v) is 7.25. The van der Waals surface area contributed by atoms with Gasteiger partial charge in [0.25, 0.3) is 0 Å². The van der Waals surface area contributed by atoms with Crippen molar-refractivity contribution in [3.8, 4) is 0 Å². The van der Waals surface area contributed by atoms with Crippen molar-refractivity contribution in [2.45, 2.75) is 25.9 Å². The van der Waals surface area contributed by atoms with Crippen LogP contribution in [-0.4, -0.2) is 18.3 Å². The average Bonchev–Trinajstić information content (AvgIpc) is 2.52. The lowest BCUT2D eigenvalue weighted by atomic mass is 9.81. The zero-order valence-electron chi connectivity index (χ0n) is 13.7. The highest BCUT2D eigenvalue weighted by atomic mass is 19.4. The normalized spacial score (nSPS) is 19.6. The van der Waals surface area contributed by atoms with Crippen LogP contribution in [0.25, 0.3) is 0 Å². The second-order valence-corrected chi connectivity index (χ2v) is 5.52. The predicted octanol–water partition coefficient (Wildman–Crippen LogP) is 1.84. The summed E-state index contributed by atoms with van der Waals surface area (Å²) in [5, 5.41) is 22.6. The lowest BCUT2D eigenvalue weighted by molar-refractivity contribution is -1.02. The van der Waals surface area contributed by atoms with Gasteiger partial charge in [-0.1, -0.05) is 18.2 Å². The van der Waals surface area contributed by atoms with Crippen molar-refractivity contribution in [2.75, 3.05) is 7.11 Å². The maximum absolute atomic E-state index is 13.4. The lowest BCUT2D eigenvalue weighted by Gasteiger charge is -2.33. The molecule has 0 bridgehead atoms. The predicted molar refractivity (Wildman–Crippen MR) is 80.9 cm³/mol. The van der Waals surface area contributed by atoms with Crippen molar-refractivity contribution in [3.63, 3.8) is 0 Å². The highest BCUT2D eigenvalue weighted by Gasteiger charge is 2.43. The Morgan fingerprint density at radius 1 is 1.28 bits per heavy atom. The summed E-state index contributed by atoms with van der Waals surface area (Å²) in [5.74, 6) is -2.29. The van der Waals surface area contributed by atoms with Gasteiger partial charge in [-0.3, -0.25) is 0 Å². The van der Waals surface area contributed by atoms with Crippen molar-refractivity contribution >= 4 is 5.97 Å². The number of alkyl halides is 3. The molecule has 0 amide bonds. The van der Waals surface area contributed by atoms with E-state index < -0.39 is 28.9 Å². The molecule has 2 rings (SSSR count). The van der Waals surface area contributed by atoms with E-state index in [0.29, 0.717) is 0 Å². The van der Waals surface area contributed by atoms with Crippen molar-refractivity contribution in [1.82, 2.24) is 5.32 Å². The Labute approximate surface area is 141 Å². The van der Waals surface area contributed by atoms with Crippen molar-refractivity contribution < 1.29 is 33.1 Å². The Morgan fingerprint density at radius 2 is 1.88 bits per heavy atom. The lowest BCUT2D eigenvalue weighted by Crippen LogP contribution is -3.03. The van der Waals surface area contributed by atoms with E-state index in [1.807, 2.05) is 0 Å². The molecule has 0 saturated carbocycles. The number of benzene rings is 1. The zero-order chi connectivity index (χ0) is 18.9. The second kappa shape index (κ2) is 6.87. The molecular formula is C16H17F3N2O4. The highest BCUT2D eigenvalue weighted by molar-refractivity contribution is 5.92. The third kappa shape index (κ3) is 3.53. The van der Waals surface area contributed by atoms with Gasteiger partial charge in [-0.2, -0.15) is 18.4 Å². The van der Waals surface area contributed by atoms with E-state index in [1.54, 1.807) is 0 Å². The molecular weight excluding hydrogens is 341 g/mol. The van der Waals surface area contributed by atoms with Crippen molar-refractivity contribution in [2.24, 2.45) is 0 Å². The number of carbonyl (C=O) groups excluding carboxylic acids is 1. The number of allylic oxidation sites excluding steroid dienone is 3. The molecule has 0 radical (unpaired) electrons. The minimum Gasteiger partial charge on any atom is -0.595 e. The maximum Gasteiger partial charge on any atom is 0.416 e. The van der Waals surface area contributed by atoms with Crippen molar-refractivity contribution in [3.05, 3.63) is 63.3 Å². The first-order valence-electron chi connectivity index (χ1n) is 7.25. The first-order chi connectivity index (χ1) is 11.6. The zero-order valence-corrected chi connectivity index (χ0v) is 13.7. The van der Waals surface area contributed by atoms with Gasteiger partial charge in [0.15, 0.2) is 5.70 Å². The van der Waals surface area contributed by atoms with Crippen LogP contribution in [0.1, 0.15) is 30.9 Å². The molecule has 0 saturated heterocycles. The molecule has 0 spiro atoms. The summed E-state index contributed by atoms with van der Waals surface area (Å²) in [6.07, 6.45) is -4.70. The molecule has 1 aromatic rings. The summed E-state index contributed by atoms with van der Waals surface area (Å²) in [6.45, 7) is 2.92. The molecule has 0 aliphatic carbocycles. The van der Waals surface area contributed by atoms with E-state index in [2.05, 4.69) is 10.1 Å². The number of halogens is 3. The Hall–Kier alpha value is -2.36. The fraction of sp³-hybridized carbons (Fsp3) is 0.312. The molecule has 3 N–H and O–H groups in total. The monoisotopic (exact) mass is 358 g/mol. The number of hydroxylamine groups is 2. The second-order valence-electron chi connectivity index (χ2n) is 5.52. The molecule has 2 unspecified atom stereocenters. The largest absolute Gasteiger partial charge is 0.595 e. The highest BCUT2D eigenvalue weighted by Crippen LogP contribution is 2.42. The number of quaternary nitrogens is 1. The summed E-state index contributed by atoms with van der Waals surface area (Å²) >= 11 is 0. The minimum atomic E-state index is -4.70. The minimum absolute atomic E-state index is 0.165. The number of rotatable bonds is 3. The summed E-state index contributed by atoms with van der Waals surface area (Å²) in [6, 6.07) is 4.60. The van der Waals surface area contributed by atoms with Crippen LogP contribution in [0, 0.1) is 5.21 Å². The molecule has 6 nitrogen and oxygen atoms in total. The van der Waals surface area contributed by atoms with Gasteiger partial charge < -0.3 is 15.3 Å². The third-order valence-corrected chi connectivity index (χ3v) is 3.97. The van der Waals surface area contributed by atoms with Crippen LogP contribution in [0.2, 0.25) is 0 Å². The number of ether oxygens (including phenoxy) is 1. The molecule has 0 aromatic heterocycles. The number of esters is 1. The molecule has 2 atom stereocenters. The van der Waals surface area contributed by atoms with Gasteiger partial charge >= 0.3 is 12.1 Å². The van der Waals surface area contributed by atoms with E-state index >= 15 is 0 Å². The standard InChI is InChI=1S/C16H17F3N2O4/c1-8-12(15(22)25-3)13(14(21(23)24)9(2)20-8)10-6-4-5-7-11(10)16(17,18)19/h4-7,13,20-21,23H,1-3H3. The fourth-order valence-electron chi connectivity index (χ4n) is 2.98. The van der Waals surface area contributed by atoms with Gasteiger partial charge in [0.2, 0.25) is 0 Å². The van der Waals surface area contributed by atoms with Crippen LogP contribution in [-0.2, 0) is 15.7 Å². The van der Waals surface area contributed by atoms with Gasteiger partial charge in [-0.25, -0.2) is 10.0 Å².